The quantitative estimate of drug-likeness (QED) is 0.788. The third-order valence-corrected chi connectivity index (χ3v) is 6.33. The molecule has 3 aliphatic rings. The molecule has 3 heterocycles. The van der Waals surface area contributed by atoms with E-state index in [1.807, 2.05) is 17.3 Å². The summed E-state index contributed by atoms with van der Waals surface area (Å²) in [5.41, 5.74) is 2.22. The SMILES string of the molecule is COC(=O)C1[C@H]2CN(C(=O)c3cnc4c(c3)ncn4C3CCCC3)C[C@@H]12. The van der Waals surface area contributed by atoms with Crippen LogP contribution in [0, 0.1) is 17.8 Å². The number of piperidine rings is 1. The lowest BCUT2D eigenvalue weighted by atomic mass is 10.2. The molecular formula is C19H22N4O3. The van der Waals surface area contributed by atoms with E-state index in [0.29, 0.717) is 24.7 Å². The molecule has 3 fully saturated rings. The Morgan fingerprint density at radius 2 is 1.88 bits per heavy atom. The van der Waals surface area contributed by atoms with Gasteiger partial charge in [0.1, 0.15) is 5.52 Å². The molecular weight excluding hydrogens is 332 g/mol. The number of hydrogen-bond donors (Lipinski definition) is 0. The van der Waals surface area contributed by atoms with Crippen molar-refractivity contribution in [3.05, 3.63) is 24.2 Å². The second-order valence-corrected chi connectivity index (χ2v) is 7.74. The van der Waals surface area contributed by atoms with Gasteiger partial charge in [-0.3, -0.25) is 9.59 Å². The van der Waals surface area contributed by atoms with Gasteiger partial charge in [0.25, 0.3) is 5.91 Å². The maximum Gasteiger partial charge on any atom is 0.309 e. The zero-order valence-electron chi connectivity index (χ0n) is 14.8. The minimum Gasteiger partial charge on any atom is -0.469 e. The van der Waals surface area contributed by atoms with Crippen LogP contribution in [0.15, 0.2) is 18.6 Å². The van der Waals surface area contributed by atoms with Crippen LogP contribution in [0.2, 0.25) is 0 Å². The molecule has 2 aromatic rings. The Morgan fingerprint density at radius 3 is 2.58 bits per heavy atom. The number of imidazole rings is 1. The van der Waals surface area contributed by atoms with E-state index in [4.69, 9.17) is 4.74 Å². The molecule has 2 aliphatic carbocycles. The number of likely N-dealkylation sites (tertiary alicyclic amines) is 1. The van der Waals surface area contributed by atoms with Crippen molar-refractivity contribution >= 4 is 23.0 Å². The highest BCUT2D eigenvalue weighted by molar-refractivity contribution is 5.97. The fraction of sp³-hybridized carbons (Fsp3) is 0.579. The summed E-state index contributed by atoms with van der Waals surface area (Å²) in [6, 6.07) is 2.33. The van der Waals surface area contributed by atoms with Crippen molar-refractivity contribution < 1.29 is 14.3 Å². The van der Waals surface area contributed by atoms with Gasteiger partial charge < -0.3 is 14.2 Å². The molecule has 7 nitrogen and oxygen atoms in total. The van der Waals surface area contributed by atoms with E-state index in [9.17, 15) is 9.59 Å². The number of nitrogens with zero attached hydrogens (tertiary/aromatic N) is 4. The van der Waals surface area contributed by atoms with E-state index in [0.717, 1.165) is 11.2 Å². The van der Waals surface area contributed by atoms with Gasteiger partial charge in [0.15, 0.2) is 5.65 Å². The van der Waals surface area contributed by atoms with Crippen LogP contribution in [0.25, 0.3) is 11.2 Å². The molecule has 26 heavy (non-hydrogen) atoms. The van der Waals surface area contributed by atoms with Crippen molar-refractivity contribution in [2.24, 2.45) is 17.8 Å². The topological polar surface area (TPSA) is 77.3 Å². The molecule has 0 radical (unpaired) electrons. The van der Waals surface area contributed by atoms with Crippen molar-refractivity contribution in [1.29, 1.82) is 0 Å². The Hall–Kier alpha value is -2.44. The zero-order valence-corrected chi connectivity index (χ0v) is 14.8. The minimum absolute atomic E-state index is 0.0215. The minimum atomic E-state index is -0.146. The maximum atomic E-state index is 12.8. The second kappa shape index (κ2) is 5.79. The second-order valence-electron chi connectivity index (χ2n) is 7.74. The number of carbonyl (C=O) groups excluding carboxylic acids is 2. The van der Waals surface area contributed by atoms with Crippen LogP contribution in [-0.4, -0.2) is 51.5 Å². The zero-order chi connectivity index (χ0) is 17.8. The number of amides is 1. The normalized spacial score (nSPS) is 27.7. The molecule has 136 valence electrons. The van der Waals surface area contributed by atoms with Gasteiger partial charge in [-0.05, 0) is 30.7 Å². The number of methoxy groups -OCH3 is 1. The molecule has 3 atom stereocenters. The third kappa shape index (κ3) is 2.33. The van der Waals surface area contributed by atoms with Gasteiger partial charge in [0.05, 0.1) is 24.9 Å². The van der Waals surface area contributed by atoms with Crippen LogP contribution in [0.3, 0.4) is 0 Å². The van der Waals surface area contributed by atoms with Gasteiger partial charge >= 0.3 is 5.97 Å². The molecule has 1 amide bonds. The van der Waals surface area contributed by atoms with E-state index in [1.54, 1.807) is 6.20 Å². The molecule has 0 aromatic carbocycles. The highest BCUT2D eigenvalue weighted by atomic mass is 16.5. The summed E-state index contributed by atoms with van der Waals surface area (Å²) in [5.74, 6) is 0.319. The fourth-order valence-electron chi connectivity index (χ4n) is 4.85. The van der Waals surface area contributed by atoms with E-state index in [1.165, 1.54) is 32.8 Å². The molecule has 1 saturated heterocycles. The van der Waals surface area contributed by atoms with Crippen LogP contribution < -0.4 is 0 Å². The van der Waals surface area contributed by atoms with Crippen molar-refractivity contribution in [1.82, 2.24) is 19.4 Å². The number of carbonyl (C=O) groups is 2. The lowest BCUT2D eigenvalue weighted by Crippen LogP contribution is -2.32. The first-order valence-electron chi connectivity index (χ1n) is 9.37. The molecule has 2 saturated carbocycles. The summed E-state index contributed by atoms with van der Waals surface area (Å²) >= 11 is 0. The Kier molecular flexibility index (Phi) is 3.52. The average molecular weight is 354 g/mol. The van der Waals surface area contributed by atoms with Crippen LogP contribution in [-0.2, 0) is 9.53 Å². The van der Waals surface area contributed by atoms with Crippen molar-refractivity contribution in [3.63, 3.8) is 0 Å². The summed E-state index contributed by atoms with van der Waals surface area (Å²) in [4.78, 5) is 35.3. The van der Waals surface area contributed by atoms with Crippen molar-refractivity contribution in [2.45, 2.75) is 31.7 Å². The van der Waals surface area contributed by atoms with Gasteiger partial charge in [-0.1, -0.05) is 12.8 Å². The first-order valence-corrected chi connectivity index (χ1v) is 9.37. The predicted octanol–water partition coefficient (Wildman–Crippen LogP) is 2.04. The largest absolute Gasteiger partial charge is 0.469 e. The number of fused-ring (bicyclic) bond motifs is 2. The fourth-order valence-corrected chi connectivity index (χ4v) is 4.85. The monoisotopic (exact) mass is 354 g/mol. The smallest absolute Gasteiger partial charge is 0.309 e. The Balaban J connectivity index is 1.32. The van der Waals surface area contributed by atoms with E-state index < -0.39 is 0 Å². The van der Waals surface area contributed by atoms with E-state index in [-0.39, 0.29) is 29.6 Å². The molecule has 0 N–H and O–H groups in total. The lowest BCUT2D eigenvalue weighted by molar-refractivity contribution is -0.143. The molecule has 1 aliphatic heterocycles. The highest BCUT2D eigenvalue weighted by Gasteiger charge is 2.61. The summed E-state index contributed by atoms with van der Waals surface area (Å²) in [6.45, 7) is 1.25. The average Bonchev–Trinajstić information content (AvgIpc) is 3.15. The lowest BCUT2D eigenvalue weighted by Gasteiger charge is -2.19. The third-order valence-electron chi connectivity index (χ3n) is 6.33. The molecule has 1 unspecified atom stereocenters. The Labute approximate surface area is 151 Å². The van der Waals surface area contributed by atoms with Crippen LogP contribution in [0.5, 0.6) is 0 Å². The van der Waals surface area contributed by atoms with Gasteiger partial charge in [0, 0.05) is 25.3 Å². The number of ether oxygens (including phenoxy) is 1. The molecule has 5 rings (SSSR count). The maximum absolute atomic E-state index is 12.8. The van der Waals surface area contributed by atoms with Crippen LogP contribution in [0.1, 0.15) is 42.1 Å². The van der Waals surface area contributed by atoms with E-state index in [2.05, 4.69) is 14.5 Å². The molecule has 0 bridgehead atoms. The van der Waals surface area contributed by atoms with E-state index >= 15 is 0 Å². The molecule has 7 heteroatoms. The van der Waals surface area contributed by atoms with Crippen molar-refractivity contribution in [2.75, 3.05) is 20.2 Å². The number of aromatic nitrogens is 3. The molecule has 2 aromatic heterocycles. The van der Waals surface area contributed by atoms with Crippen LogP contribution in [0.4, 0.5) is 0 Å². The van der Waals surface area contributed by atoms with Gasteiger partial charge in [-0.15, -0.1) is 0 Å². The summed E-state index contributed by atoms with van der Waals surface area (Å²) in [7, 11) is 1.42. The van der Waals surface area contributed by atoms with Gasteiger partial charge in [-0.2, -0.15) is 0 Å². The predicted molar refractivity (Wildman–Crippen MR) is 93.4 cm³/mol. The van der Waals surface area contributed by atoms with Gasteiger partial charge in [0.2, 0.25) is 0 Å². The highest BCUT2D eigenvalue weighted by Crippen LogP contribution is 2.52. The van der Waals surface area contributed by atoms with Crippen molar-refractivity contribution in [3.8, 4) is 0 Å². The Bertz CT molecular complexity index is 874. The number of rotatable bonds is 3. The standard InChI is InChI=1S/C19H22N4O3/c1-26-19(25)16-13-8-22(9-14(13)16)18(24)11-6-15-17(20-7-11)23(10-21-15)12-4-2-3-5-12/h6-7,10,12-14,16H,2-5,8-9H2,1H3/t13-,14+,16?. The molecule has 0 spiro atoms. The summed E-state index contributed by atoms with van der Waals surface area (Å²) in [6.07, 6.45) is 8.38. The van der Waals surface area contributed by atoms with Crippen LogP contribution >= 0.6 is 0 Å². The number of pyridine rings is 1. The summed E-state index contributed by atoms with van der Waals surface area (Å²) < 4.78 is 6.98. The van der Waals surface area contributed by atoms with Gasteiger partial charge in [-0.25, -0.2) is 9.97 Å². The first kappa shape index (κ1) is 15.8. The number of hydrogen-bond acceptors (Lipinski definition) is 5. The summed E-state index contributed by atoms with van der Waals surface area (Å²) in [5, 5.41) is 0. The first-order chi connectivity index (χ1) is 12.7. The number of esters is 1. The Morgan fingerprint density at radius 1 is 1.15 bits per heavy atom.